The summed E-state index contributed by atoms with van der Waals surface area (Å²) in [6.07, 6.45) is 5.82. The zero-order valence-electron chi connectivity index (χ0n) is 19.5. The van der Waals surface area contributed by atoms with Crippen molar-refractivity contribution in [3.05, 3.63) is 41.6 Å². The fourth-order valence-electron chi connectivity index (χ4n) is 3.63. The Morgan fingerprint density at radius 3 is 2.79 bits per heavy atom. The zero-order valence-corrected chi connectivity index (χ0v) is 19.5. The van der Waals surface area contributed by atoms with E-state index >= 15 is 0 Å². The highest BCUT2D eigenvalue weighted by Crippen LogP contribution is 2.25. The molecule has 1 aliphatic rings. The van der Waals surface area contributed by atoms with Crippen LogP contribution in [0.5, 0.6) is 0 Å². The van der Waals surface area contributed by atoms with E-state index in [1.165, 1.54) is 4.90 Å². The number of rotatable bonds is 9. The topological polar surface area (TPSA) is 123 Å². The lowest BCUT2D eigenvalue weighted by Gasteiger charge is -2.15. The third-order valence-corrected chi connectivity index (χ3v) is 5.38. The van der Waals surface area contributed by atoms with Gasteiger partial charge in [-0.15, -0.1) is 0 Å². The Morgan fingerprint density at radius 1 is 1.29 bits per heavy atom. The van der Waals surface area contributed by atoms with Crippen LogP contribution in [-0.2, 0) is 9.59 Å². The molecule has 0 aliphatic heterocycles. The van der Waals surface area contributed by atoms with Crippen LogP contribution in [0.2, 0.25) is 0 Å². The second-order valence-corrected chi connectivity index (χ2v) is 8.26. The van der Waals surface area contributed by atoms with Crippen molar-refractivity contribution in [3.63, 3.8) is 0 Å². The molecule has 176 valence electrons. The Morgan fingerprint density at radius 2 is 2.09 bits per heavy atom. The van der Waals surface area contributed by atoms with Gasteiger partial charge in [0.1, 0.15) is 5.82 Å². The average molecular weight is 460 g/mol. The molecular weight excluding hydrogens is 430 g/mol. The van der Waals surface area contributed by atoms with Crippen molar-refractivity contribution in [2.24, 2.45) is 5.92 Å². The number of nitrogens with one attached hydrogen (secondary N) is 3. The summed E-state index contributed by atoms with van der Waals surface area (Å²) in [6, 6.07) is 9.24. The molecule has 0 spiro atoms. The number of carbonyl (C=O) groups is 2. The van der Waals surface area contributed by atoms with Crippen molar-refractivity contribution >= 4 is 29.8 Å². The van der Waals surface area contributed by atoms with Gasteiger partial charge in [-0.05, 0) is 49.9 Å². The predicted octanol–water partition coefficient (Wildman–Crippen LogP) is 2.64. The summed E-state index contributed by atoms with van der Waals surface area (Å²) in [5.41, 5.74) is 2.10. The van der Waals surface area contributed by atoms with Crippen LogP contribution in [0.3, 0.4) is 0 Å². The Kier molecular flexibility index (Phi) is 8.81. The monoisotopic (exact) mass is 459 g/mol. The minimum absolute atomic E-state index is 0.0585. The molecule has 0 bridgehead atoms. The molecule has 2 amide bonds. The maximum absolute atomic E-state index is 12.0. The maximum Gasteiger partial charge on any atom is 0.239 e. The number of anilines is 3. The Labute approximate surface area is 200 Å². The minimum Gasteiger partial charge on any atom is -0.369 e. The lowest BCUT2D eigenvalue weighted by Crippen LogP contribution is -2.39. The summed E-state index contributed by atoms with van der Waals surface area (Å²) in [5.74, 6) is 7.66. The lowest BCUT2D eigenvalue weighted by atomic mass is 10.1. The van der Waals surface area contributed by atoms with E-state index in [0.29, 0.717) is 23.7 Å². The van der Waals surface area contributed by atoms with Crippen LogP contribution in [0, 0.1) is 29.1 Å². The number of hydrogen-bond donors (Lipinski definition) is 3. The number of benzene rings is 1. The van der Waals surface area contributed by atoms with E-state index in [1.807, 2.05) is 0 Å². The predicted molar refractivity (Wildman–Crippen MR) is 130 cm³/mol. The molecule has 1 aromatic carbocycles. The van der Waals surface area contributed by atoms with Gasteiger partial charge in [-0.25, -0.2) is 4.98 Å². The van der Waals surface area contributed by atoms with E-state index in [4.69, 9.17) is 5.26 Å². The smallest absolute Gasteiger partial charge is 0.239 e. The van der Waals surface area contributed by atoms with Crippen LogP contribution < -0.4 is 16.0 Å². The van der Waals surface area contributed by atoms with Gasteiger partial charge >= 0.3 is 0 Å². The molecule has 1 aromatic heterocycles. The van der Waals surface area contributed by atoms with Crippen LogP contribution in [0.4, 0.5) is 17.5 Å². The van der Waals surface area contributed by atoms with Crippen molar-refractivity contribution < 1.29 is 9.59 Å². The van der Waals surface area contributed by atoms with E-state index < -0.39 is 0 Å². The van der Waals surface area contributed by atoms with Crippen LogP contribution in [0.25, 0.3) is 0 Å². The molecule has 3 rings (SSSR count). The summed E-state index contributed by atoms with van der Waals surface area (Å²) in [5, 5.41) is 18.4. The number of aromatic nitrogens is 2. The first-order chi connectivity index (χ1) is 16.5. The molecule has 9 nitrogen and oxygen atoms in total. The second-order valence-electron chi connectivity index (χ2n) is 8.26. The molecule has 0 radical (unpaired) electrons. The summed E-state index contributed by atoms with van der Waals surface area (Å²) in [7, 11) is 1.58. The Hall–Kier alpha value is -4.11. The molecule has 34 heavy (non-hydrogen) atoms. The first kappa shape index (κ1) is 24.5. The standard InChI is InChI=1S/C25H29N7O2/c1-3-12-27-24-20(15-28-25(31-24)30-21-9-6-19(14-26)7-10-21)8-4-18-5-11-22(13-18)29-23(34)16-32(2)17-33/h6-7,9-10,15,17-18,22H,3,5,11-13,16H2,1-2H3,(H,29,34)(H2,27,28,30,31)/t18-,22+/m1/s1. The molecule has 0 unspecified atom stereocenters. The third-order valence-electron chi connectivity index (χ3n) is 5.38. The van der Waals surface area contributed by atoms with Crippen LogP contribution in [0.15, 0.2) is 30.5 Å². The van der Waals surface area contributed by atoms with Gasteiger partial charge in [0, 0.05) is 31.2 Å². The van der Waals surface area contributed by atoms with Crippen LogP contribution in [0.1, 0.15) is 43.7 Å². The van der Waals surface area contributed by atoms with E-state index in [9.17, 15) is 9.59 Å². The molecule has 1 saturated carbocycles. The molecule has 2 aromatic rings. The zero-order chi connectivity index (χ0) is 24.3. The number of nitrogens with zero attached hydrogens (tertiary/aromatic N) is 4. The largest absolute Gasteiger partial charge is 0.369 e. The Balaban J connectivity index is 1.65. The number of likely N-dealkylation sites (N-methyl/N-ethyl adjacent to an activating group) is 1. The van der Waals surface area contributed by atoms with Crippen molar-refractivity contribution in [2.75, 3.05) is 30.8 Å². The molecule has 2 atom stereocenters. The molecule has 0 saturated heterocycles. The summed E-state index contributed by atoms with van der Waals surface area (Å²) < 4.78 is 0. The van der Waals surface area contributed by atoms with E-state index in [1.54, 1.807) is 37.5 Å². The summed E-state index contributed by atoms with van der Waals surface area (Å²) in [6.45, 7) is 2.90. The van der Waals surface area contributed by atoms with Crippen LogP contribution >= 0.6 is 0 Å². The van der Waals surface area contributed by atoms with E-state index in [2.05, 4.69) is 50.8 Å². The summed E-state index contributed by atoms with van der Waals surface area (Å²) in [4.78, 5) is 33.0. The highest BCUT2D eigenvalue weighted by Gasteiger charge is 2.24. The van der Waals surface area contributed by atoms with Gasteiger partial charge in [-0.1, -0.05) is 18.8 Å². The van der Waals surface area contributed by atoms with Gasteiger partial charge in [-0.2, -0.15) is 10.2 Å². The number of carbonyl (C=O) groups excluding carboxylic acids is 2. The van der Waals surface area contributed by atoms with Crippen LogP contribution in [-0.4, -0.2) is 53.4 Å². The van der Waals surface area contributed by atoms with Gasteiger partial charge in [0.15, 0.2) is 0 Å². The molecule has 3 N–H and O–H groups in total. The molecule has 1 fully saturated rings. The van der Waals surface area contributed by atoms with E-state index in [-0.39, 0.29) is 24.4 Å². The molecule has 1 aliphatic carbocycles. The number of hydrogen-bond acceptors (Lipinski definition) is 7. The van der Waals surface area contributed by atoms with Crippen molar-refractivity contribution in [2.45, 2.75) is 38.6 Å². The fraction of sp³-hybridized carbons (Fsp3) is 0.400. The minimum atomic E-state index is -0.155. The quantitative estimate of drug-likeness (QED) is 0.389. The van der Waals surface area contributed by atoms with Gasteiger partial charge in [0.2, 0.25) is 18.3 Å². The van der Waals surface area contributed by atoms with Gasteiger partial charge in [0.05, 0.1) is 29.9 Å². The van der Waals surface area contributed by atoms with Crippen molar-refractivity contribution in [1.29, 1.82) is 5.26 Å². The number of amides is 2. The third kappa shape index (κ3) is 7.21. The van der Waals surface area contributed by atoms with Crippen molar-refractivity contribution in [1.82, 2.24) is 20.2 Å². The van der Waals surface area contributed by atoms with Gasteiger partial charge in [0.25, 0.3) is 0 Å². The van der Waals surface area contributed by atoms with Crippen molar-refractivity contribution in [3.8, 4) is 17.9 Å². The molecule has 1 heterocycles. The number of nitriles is 1. The highest BCUT2D eigenvalue weighted by atomic mass is 16.2. The fourth-order valence-corrected chi connectivity index (χ4v) is 3.63. The molecule has 9 heteroatoms. The second kappa shape index (κ2) is 12.2. The SMILES string of the molecule is CCCNc1nc(Nc2ccc(C#N)cc2)ncc1C#C[C@@H]1CC[C@H](NC(=O)CN(C)C=O)C1. The van der Waals surface area contributed by atoms with E-state index in [0.717, 1.165) is 43.5 Å². The normalized spacial score (nSPS) is 16.5. The first-order valence-electron chi connectivity index (χ1n) is 11.3. The average Bonchev–Trinajstić information content (AvgIpc) is 3.29. The van der Waals surface area contributed by atoms with Gasteiger partial charge in [-0.3, -0.25) is 9.59 Å². The molecular formula is C25H29N7O2. The first-order valence-corrected chi connectivity index (χ1v) is 11.3. The lowest BCUT2D eigenvalue weighted by molar-refractivity contribution is -0.127. The summed E-state index contributed by atoms with van der Waals surface area (Å²) >= 11 is 0. The highest BCUT2D eigenvalue weighted by molar-refractivity contribution is 5.80. The Bertz CT molecular complexity index is 1100. The van der Waals surface area contributed by atoms with Gasteiger partial charge < -0.3 is 20.9 Å². The maximum atomic E-state index is 12.0.